The molecule has 0 aliphatic carbocycles. The first kappa shape index (κ1) is 18.4. The standard InChI is InChI=1S/C19H21N5O3/c25-19(5-3-11-20-15-6-8-17(9-7-15)24(26)27)21-12-10-16-14-23-13-2-1-4-18(23)22-16/h1-2,4,6-9,13-14,20H,3,5,10-12H2,(H,21,25). The molecule has 27 heavy (non-hydrogen) atoms. The van der Waals surface area contributed by atoms with Crippen molar-refractivity contribution in [3.8, 4) is 0 Å². The highest BCUT2D eigenvalue weighted by Gasteiger charge is 2.05. The summed E-state index contributed by atoms with van der Waals surface area (Å²) < 4.78 is 1.96. The number of non-ortho nitro benzene ring substituents is 1. The van der Waals surface area contributed by atoms with E-state index in [1.54, 1.807) is 12.1 Å². The number of nitrogens with one attached hydrogen (secondary N) is 2. The number of rotatable bonds is 9. The third-order valence-electron chi connectivity index (χ3n) is 4.11. The van der Waals surface area contributed by atoms with E-state index in [1.807, 2.05) is 35.0 Å². The molecule has 0 saturated heterocycles. The average Bonchev–Trinajstić information content (AvgIpc) is 3.08. The average molecular weight is 367 g/mol. The number of fused-ring (bicyclic) bond motifs is 1. The van der Waals surface area contributed by atoms with Gasteiger partial charge in [-0.2, -0.15) is 0 Å². The molecule has 2 aromatic heterocycles. The molecule has 0 aliphatic rings. The van der Waals surface area contributed by atoms with Crippen molar-refractivity contribution < 1.29 is 9.72 Å². The molecule has 0 saturated carbocycles. The van der Waals surface area contributed by atoms with Gasteiger partial charge in [-0.3, -0.25) is 14.9 Å². The monoisotopic (exact) mass is 367 g/mol. The maximum atomic E-state index is 11.9. The molecule has 2 heterocycles. The topological polar surface area (TPSA) is 102 Å². The van der Waals surface area contributed by atoms with Crippen molar-refractivity contribution in [2.24, 2.45) is 0 Å². The summed E-state index contributed by atoms with van der Waals surface area (Å²) in [6.07, 6.45) is 5.70. The Morgan fingerprint density at radius 1 is 1.15 bits per heavy atom. The Kier molecular flexibility index (Phi) is 5.98. The number of aromatic nitrogens is 2. The molecule has 0 atom stereocenters. The van der Waals surface area contributed by atoms with Gasteiger partial charge in [0.25, 0.3) is 5.69 Å². The van der Waals surface area contributed by atoms with Crippen LogP contribution in [0.15, 0.2) is 54.9 Å². The van der Waals surface area contributed by atoms with Crippen LogP contribution in [0.2, 0.25) is 0 Å². The molecule has 0 unspecified atom stereocenters. The van der Waals surface area contributed by atoms with E-state index in [9.17, 15) is 14.9 Å². The van der Waals surface area contributed by atoms with Crippen molar-refractivity contribution in [2.45, 2.75) is 19.3 Å². The maximum absolute atomic E-state index is 11.9. The summed E-state index contributed by atoms with van der Waals surface area (Å²) in [6, 6.07) is 12.1. The van der Waals surface area contributed by atoms with Crippen LogP contribution in [-0.4, -0.2) is 33.3 Å². The Hall–Kier alpha value is -3.42. The van der Waals surface area contributed by atoms with Gasteiger partial charge in [0.2, 0.25) is 5.91 Å². The smallest absolute Gasteiger partial charge is 0.269 e. The van der Waals surface area contributed by atoms with Gasteiger partial charge in [0, 0.05) is 56.1 Å². The maximum Gasteiger partial charge on any atom is 0.269 e. The molecular formula is C19H21N5O3. The van der Waals surface area contributed by atoms with Crippen LogP contribution in [0.5, 0.6) is 0 Å². The van der Waals surface area contributed by atoms with Gasteiger partial charge in [-0.15, -0.1) is 0 Å². The molecular weight excluding hydrogens is 346 g/mol. The molecule has 0 fully saturated rings. The predicted octanol–water partition coefficient (Wildman–Crippen LogP) is 2.79. The van der Waals surface area contributed by atoms with Gasteiger partial charge in [0.1, 0.15) is 5.65 Å². The summed E-state index contributed by atoms with van der Waals surface area (Å²) >= 11 is 0. The fraction of sp³-hybridized carbons (Fsp3) is 0.263. The number of pyridine rings is 1. The molecule has 8 nitrogen and oxygen atoms in total. The van der Waals surface area contributed by atoms with Crippen molar-refractivity contribution in [2.75, 3.05) is 18.4 Å². The zero-order valence-corrected chi connectivity index (χ0v) is 14.8. The first-order chi connectivity index (χ1) is 13.1. The van der Waals surface area contributed by atoms with Crippen LogP contribution in [0, 0.1) is 10.1 Å². The van der Waals surface area contributed by atoms with Crippen molar-refractivity contribution in [3.05, 3.63) is 70.7 Å². The second-order valence-corrected chi connectivity index (χ2v) is 6.13. The molecule has 2 N–H and O–H groups in total. The number of hydrogen-bond donors (Lipinski definition) is 2. The van der Waals surface area contributed by atoms with Crippen LogP contribution in [0.3, 0.4) is 0 Å². The first-order valence-electron chi connectivity index (χ1n) is 8.79. The van der Waals surface area contributed by atoms with Crippen LogP contribution < -0.4 is 10.6 Å². The highest BCUT2D eigenvalue weighted by Crippen LogP contribution is 2.15. The van der Waals surface area contributed by atoms with E-state index in [-0.39, 0.29) is 11.6 Å². The minimum absolute atomic E-state index is 0.00395. The summed E-state index contributed by atoms with van der Waals surface area (Å²) in [5.41, 5.74) is 2.70. The molecule has 1 aromatic carbocycles. The normalized spacial score (nSPS) is 10.7. The number of nitro benzene ring substituents is 1. The van der Waals surface area contributed by atoms with Gasteiger partial charge >= 0.3 is 0 Å². The number of carbonyl (C=O) groups is 1. The molecule has 8 heteroatoms. The van der Waals surface area contributed by atoms with E-state index in [2.05, 4.69) is 15.6 Å². The van der Waals surface area contributed by atoms with Crippen LogP contribution in [0.1, 0.15) is 18.5 Å². The zero-order valence-electron chi connectivity index (χ0n) is 14.8. The van der Waals surface area contributed by atoms with E-state index in [1.165, 1.54) is 12.1 Å². The van der Waals surface area contributed by atoms with Crippen molar-refractivity contribution in [1.29, 1.82) is 0 Å². The lowest BCUT2D eigenvalue weighted by molar-refractivity contribution is -0.384. The Bertz CT molecular complexity index is 887. The molecule has 140 valence electrons. The van der Waals surface area contributed by atoms with Crippen molar-refractivity contribution in [3.63, 3.8) is 0 Å². The van der Waals surface area contributed by atoms with E-state index in [0.29, 0.717) is 32.4 Å². The van der Waals surface area contributed by atoms with Crippen molar-refractivity contribution >= 4 is 22.9 Å². The fourth-order valence-electron chi connectivity index (χ4n) is 2.71. The highest BCUT2D eigenvalue weighted by molar-refractivity contribution is 5.75. The van der Waals surface area contributed by atoms with Crippen LogP contribution in [0.25, 0.3) is 5.65 Å². The number of benzene rings is 1. The summed E-state index contributed by atoms with van der Waals surface area (Å²) in [5, 5.41) is 16.7. The Balaban J connectivity index is 1.32. The van der Waals surface area contributed by atoms with Gasteiger partial charge in [0.15, 0.2) is 0 Å². The Morgan fingerprint density at radius 3 is 2.70 bits per heavy atom. The minimum atomic E-state index is -0.430. The SMILES string of the molecule is O=C(CCCNc1ccc([N+](=O)[O-])cc1)NCCc1cn2ccccc2n1. The number of hydrogen-bond acceptors (Lipinski definition) is 5. The number of amides is 1. The van der Waals surface area contributed by atoms with Gasteiger partial charge in [-0.1, -0.05) is 6.07 Å². The zero-order chi connectivity index (χ0) is 19.1. The summed E-state index contributed by atoms with van der Waals surface area (Å²) in [4.78, 5) is 26.6. The van der Waals surface area contributed by atoms with Gasteiger partial charge in [0.05, 0.1) is 10.6 Å². The molecule has 0 aliphatic heterocycles. The number of nitrogens with zero attached hydrogens (tertiary/aromatic N) is 3. The summed E-state index contributed by atoms with van der Waals surface area (Å²) in [5.74, 6) is 0.00395. The Labute approximate surface area is 156 Å². The highest BCUT2D eigenvalue weighted by atomic mass is 16.6. The van der Waals surface area contributed by atoms with E-state index >= 15 is 0 Å². The van der Waals surface area contributed by atoms with Crippen LogP contribution >= 0.6 is 0 Å². The lowest BCUT2D eigenvalue weighted by atomic mass is 10.2. The quantitative estimate of drug-likeness (QED) is 0.344. The molecule has 3 rings (SSSR count). The number of imidazole rings is 1. The molecule has 0 bridgehead atoms. The van der Waals surface area contributed by atoms with Crippen LogP contribution in [-0.2, 0) is 11.2 Å². The van der Waals surface area contributed by atoms with E-state index in [0.717, 1.165) is 17.0 Å². The number of anilines is 1. The molecule has 0 radical (unpaired) electrons. The Morgan fingerprint density at radius 2 is 1.96 bits per heavy atom. The molecule has 1 amide bonds. The van der Waals surface area contributed by atoms with Gasteiger partial charge in [-0.25, -0.2) is 4.98 Å². The largest absolute Gasteiger partial charge is 0.385 e. The van der Waals surface area contributed by atoms with Crippen LogP contribution in [0.4, 0.5) is 11.4 Å². The second-order valence-electron chi connectivity index (χ2n) is 6.13. The first-order valence-corrected chi connectivity index (χ1v) is 8.79. The molecule has 0 spiro atoms. The van der Waals surface area contributed by atoms with E-state index in [4.69, 9.17) is 0 Å². The number of carbonyl (C=O) groups excluding carboxylic acids is 1. The van der Waals surface area contributed by atoms with Crippen molar-refractivity contribution in [1.82, 2.24) is 14.7 Å². The van der Waals surface area contributed by atoms with E-state index < -0.39 is 4.92 Å². The number of nitro groups is 1. The van der Waals surface area contributed by atoms with Gasteiger partial charge < -0.3 is 15.0 Å². The molecule has 3 aromatic rings. The summed E-state index contributed by atoms with van der Waals surface area (Å²) in [7, 11) is 0. The minimum Gasteiger partial charge on any atom is -0.385 e. The predicted molar refractivity (Wildman–Crippen MR) is 103 cm³/mol. The third-order valence-corrected chi connectivity index (χ3v) is 4.11. The summed E-state index contributed by atoms with van der Waals surface area (Å²) in [6.45, 7) is 1.18. The lowest BCUT2D eigenvalue weighted by Gasteiger charge is -2.07. The fourth-order valence-corrected chi connectivity index (χ4v) is 2.71. The lowest BCUT2D eigenvalue weighted by Crippen LogP contribution is -2.26. The van der Waals surface area contributed by atoms with Gasteiger partial charge in [-0.05, 0) is 30.7 Å². The second kappa shape index (κ2) is 8.79. The third kappa shape index (κ3) is 5.27.